The van der Waals surface area contributed by atoms with E-state index in [2.05, 4.69) is 20.5 Å². The average molecular weight is 726 g/mol. The quantitative estimate of drug-likeness (QED) is 0.190. The van der Waals surface area contributed by atoms with Gasteiger partial charge >= 0.3 is 5.97 Å². The van der Waals surface area contributed by atoms with Crippen LogP contribution < -0.4 is 10.6 Å². The van der Waals surface area contributed by atoms with E-state index in [1.165, 1.54) is 18.3 Å². The molecule has 2 heterocycles. The largest absolute Gasteiger partial charge is 0.455 e. The van der Waals surface area contributed by atoms with Gasteiger partial charge in [0.15, 0.2) is 6.10 Å². The Morgan fingerprint density at radius 1 is 1.02 bits per heavy atom. The number of hydrogen-bond acceptors (Lipinski definition) is 9. The third kappa shape index (κ3) is 12.2. The molecule has 1 aliphatic rings. The number of nitrogens with zero attached hydrogens (tertiary/aromatic N) is 3. The smallest absolute Gasteiger partial charge is 0.303 e. The lowest BCUT2D eigenvalue weighted by molar-refractivity contribution is -0.149. The van der Waals surface area contributed by atoms with Gasteiger partial charge in [-0.05, 0) is 63.6 Å². The first-order valence-corrected chi connectivity index (χ1v) is 19.3. The van der Waals surface area contributed by atoms with E-state index < -0.39 is 18.1 Å². The molecule has 0 bridgehead atoms. The van der Waals surface area contributed by atoms with Gasteiger partial charge in [0, 0.05) is 43.8 Å². The van der Waals surface area contributed by atoms with Crippen LogP contribution in [0.3, 0.4) is 0 Å². The minimum absolute atomic E-state index is 0.0282. The normalized spacial score (nSPS) is 18.5. The maximum atomic E-state index is 14.2. The highest BCUT2D eigenvalue weighted by Gasteiger charge is 2.37. The van der Waals surface area contributed by atoms with Gasteiger partial charge in [-0.3, -0.25) is 28.9 Å². The number of hydrogen-bond donors (Lipinski definition) is 2. The molecular weight excluding hydrogens is 667 g/mol. The summed E-state index contributed by atoms with van der Waals surface area (Å²) < 4.78 is 5.79. The second-order valence-corrected chi connectivity index (χ2v) is 15.5. The molecule has 51 heavy (non-hydrogen) atoms. The first-order valence-electron chi connectivity index (χ1n) is 18.4. The number of nitrogens with one attached hydrogen (secondary N) is 2. The Balaban J connectivity index is 1.81. The van der Waals surface area contributed by atoms with Crippen molar-refractivity contribution in [1.82, 2.24) is 25.4 Å². The Kier molecular flexibility index (Phi) is 16.2. The van der Waals surface area contributed by atoms with E-state index in [0.29, 0.717) is 24.3 Å². The van der Waals surface area contributed by atoms with Crippen LogP contribution in [0.2, 0.25) is 0 Å². The van der Waals surface area contributed by atoms with Crippen LogP contribution in [0.25, 0.3) is 0 Å². The van der Waals surface area contributed by atoms with Gasteiger partial charge in [0.2, 0.25) is 11.8 Å². The second-order valence-electron chi connectivity index (χ2n) is 14.6. The number of rotatable bonds is 18. The second kappa shape index (κ2) is 19.8. The number of aromatic nitrogens is 1. The van der Waals surface area contributed by atoms with Gasteiger partial charge in [0.05, 0.1) is 6.04 Å². The molecule has 11 nitrogen and oxygen atoms in total. The van der Waals surface area contributed by atoms with Gasteiger partial charge in [-0.2, -0.15) is 0 Å². The topological polar surface area (TPSA) is 138 Å². The van der Waals surface area contributed by atoms with Crippen molar-refractivity contribution in [3.63, 3.8) is 0 Å². The molecule has 12 heteroatoms. The molecule has 2 aromatic rings. The SMILES string of the molecule is CC[C@H](C)[C@H](NC(=O)[C@H]1CCCCN1C)C(=O)N(C)[C@@H](C[C@H](OC(C)=O)c1nc(C(=O)N[C@@H](Cc2ccccc2)C[C@H](C)C(C)=O)cs1)C(C)C. The number of likely N-dealkylation sites (N-methyl/N-ethyl adjacent to an activating group) is 2. The number of esters is 1. The van der Waals surface area contributed by atoms with Crippen molar-refractivity contribution in [3.8, 4) is 0 Å². The number of ether oxygens (including phenoxy) is 1. The fourth-order valence-electron chi connectivity index (χ4n) is 6.70. The monoisotopic (exact) mass is 725 g/mol. The maximum Gasteiger partial charge on any atom is 0.303 e. The Labute approximate surface area is 308 Å². The van der Waals surface area contributed by atoms with E-state index in [1.807, 2.05) is 72.0 Å². The Morgan fingerprint density at radius 2 is 1.71 bits per heavy atom. The van der Waals surface area contributed by atoms with E-state index in [0.717, 1.165) is 31.4 Å². The summed E-state index contributed by atoms with van der Waals surface area (Å²) in [5, 5.41) is 8.26. The molecule has 0 radical (unpaired) electrons. The van der Waals surface area contributed by atoms with Crippen LogP contribution in [0.15, 0.2) is 35.7 Å². The highest BCUT2D eigenvalue weighted by Crippen LogP contribution is 2.31. The molecule has 3 rings (SSSR count). The number of likely N-dealkylation sites (tertiary alicyclic amines) is 1. The number of piperidine rings is 1. The van der Waals surface area contributed by atoms with Crippen LogP contribution in [-0.4, -0.2) is 89.1 Å². The zero-order valence-electron chi connectivity index (χ0n) is 31.9. The summed E-state index contributed by atoms with van der Waals surface area (Å²) in [7, 11) is 3.69. The first kappa shape index (κ1) is 41.8. The predicted octanol–water partition coefficient (Wildman–Crippen LogP) is 5.59. The van der Waals surface area contributed by atoms with Crippen molar-refractivity contribution < 1.29 is 28.7 Å². The van der Waals surface area contributed by atoms with E-state index in [1.54, 1.807) is 24.3 Å². The Bertz CT molecular complexity index is 1460. The predicted molar refractivity (Wildman–Crippen MR) is 200 cm³/mol. The van der Waals surface area contributed by atoms with Crippen LogP contribution in [-0.2, 0) is 30.3 Å². The lowest BCUT2D eigenvalue weighted by Gasteiger charge is -2.38. The molecule has 0 aliphatic carbocycles. The molecule has 2 N–H and O–H groups in total. The summed E-state index contributed by atoms with van der Waals surface area (Å²) in [6.07, 6.45) is 3.99. The van der Waals surface area contributed by atoms with Crippen LogP contribution >= 0.6 is 11.3 Å². The van der Waals surface area contributed by atoms with Crippen molar-refractivity contribution >= 4 is 40.8 Å². The zero-order valence-corrected chi connectivity index (χ0v) is 32.8. The first-order chi connectivity index (χ1) is 24.1. The fourth-order valence-corrected chi connectivity index (χ4v) is 7.54. The molecule has 3 amide bonds. The summed E-state index contributed by atoms with van der Waals surface area (Å²) in [6.45, 7) is 13.6. The average Bonchev–Trinajstić information content (AvgIpc) is 3.59. The number of benzene rings is 1. The summed E-state index contributed by atoms with van der Waals surface area (Å²) >= 11 is 1.22. The molecular formula is C39H59N5O6S. The number of amides is 3. The molecule has 7 atom stereocenters. The number of Topliss-reactive ketones (excluding diaryl/α,β-unsaturated/α-hetero) is 1. The van der Waals surface area contributed by atoms with Crippen molar-refractivity contribution in [3.05, 3.63) is 52.0 Å². The fraction of sp³-hybridized carbons (Fsp3) is 0.641. The molecule has 1 aromatic heterocycles. The number of carbonyl (C=O) groups excluding carboxylic acids is 5. The molecule has 0 saturated carbocycles. The molecule has 0 unspecified atom stereocenters. The van der Waals surface area contributed by atoms with Crippen molar-refractivity contribution in [2.75, 3.05) is 20.6 Å². The molecule has 1 aromatic carbocycles. The molecule has 1 aliphatic heterocycles. The van der Waals surface area contributed by atoms with Crippen molar-refractivity contribution in [2.45, 2.75) is 124 Å². The van der Waals surface area contributed by atoms with Gasteiger partial charge in [-0.1, -0.05) is 77.8 Å². The minimum atomic E-state index is -0.804. The van der Waals surface area contributed by atoms with E-state index in [9.17, 15) is 24.0 Å². The third-order valence-electron chi connectivity index (χ3n) is 10.3. The standard InChI is InChI=1S/C39H59N5O6S/c1-10-25(4)35(42-37(48)32-18-14-15-19-43(32)8)39(49)44(9)33(24(2)3)22-34(50-28(7)46)38-41-31(23-51-38)36(47)40-30(20-26(5)27(6)45)21-29-16-12-11-13-17-29/h11-13,16-17,23-26,30,32-35H,10,14-15,18-22H2,1-9H3,(H,40,47)(H,42,48)/t25-,26-,30+,32+,33-,34-,35-/m0/s1. The highest BCUT2D eigenvalue weighted by atomic mass is 32.1. The van der Waals surface area contributed by atoms with Gasteiger partial charge < -0.3 is 20.3 Å². The maximum absolute atomic E-state index is 14.2. The third-order valence-corrected chi connectivity index (χ3v) is 11.2. The number of ketones is 1. The molecule has 282 valence electrons. The van der Waals surface area contributed by atoms with Crippen molar-refractivity contribution in [1.29, 1.82) is 0 Å². The molecule has 0 spiro atoms. The van der Waals surface area contributed by atoms with Crippen LogP contribution in [0.1, 0.15) is 114 Å². The summed E-state index contributed by atoms with van der Waals surface area (Å²) in [5.74, 6) is -1.50. The van der Waals surface area contributed by atoms with Gasteiger partial charge in [0.25, 0.3) is 5.91 Å². The molecule has 1 saturated heterocycles. The zero-order chi connectivity index (χ0) is 37.8. The van der Waals surface area contributed by atoms with Gasteiger partial charge in [-0.15, -0.1) is 11.3 Å². The van der Waals surface area contributed by atoms with Crippen LogP contribution in [0, 0.1) is 17.8 Å². The molecule has 1 fully saturated rings. The summed E-state index contributed by atoms with van der Waals surface area (Å²) in [5.41, 5.74) is 1.24. The number of carbonyl (C=O) groups is 5. The van der Waals surface area contributed by atoms with Crippen LogP contribution in [0.5, 0.6) is 0 Å². The lowest BCUT2D eigenvalue weighted by atomic mass is 9.92. The summed E-state index contributed by atoms with van der Waals surface area (Å²) in [6, 6.07) is 8.16. The Hall–Kier alpha value is -3.64. The number of thiazole rings is 1. The Morgan fingerprint density at radius 3 is 2.29 bits per heavy atom. The van der Waals surface area contributed by atoms with E-state index in [4.69, 9.17) is 4.74 Å². The van der Waals surface area contributed by atoms with Crippen LogP contribution in [0.4, 0.5) is 0 Å². The van der Waals surface area contributed by atoms with E-state index in [-0.39, 0.29) is 71.5 Å². The highest BCUT2D eigenvalue weighted by molar-refractivity contribution is 7.09. The van der Waals surface area contributed by atoms with Gasteiger partial charge in [0.1, 0.15) is 22.5 Å². The van der Waals surface area contributed by atoms with Crippen molar-refractivity contribution in [2.24, 2.45) is 17.8 Å². The van der Waals surface area contributed by atoms with Gasteiger partial charge in [-0.25, -0.2) is 4.98 Å². The summed E-state index contributed by atoms with van der Waals surface area (Å²) in [4.78, 5) is 73.9. The minimum Gasteiger partial charge on any atom is -0.455 e. The lowest BCUT2D eigenvalue weighted by Crippen LogP contribution is -2.58. The van der Waals surface area contributed by atoms with E-state index >= 15 is 0 Å².